The lowest BCUT2D eigenvalue weighted by molar-refractivity contribution is -0.654. The smallest absolute Gasteiger partial charge is 0.267 e. The summed E-state index contributed by atoms with van der Waals surface area (Å²) < 4.78 is 3.48. The average molecular weight is 469 g/mol. The quantitative estimate of drug-likeness (QED) is 0.288. The highest BCUT2D eigenvalue weighted by atomic mass is 32.1. The molecule has 1 amide bonds. The van der Waals surface area contributed by atoms with Crippen LogP contribution in [0.3, 0.4) is 0 Å². The van der Waals surface area contributed by atoms with E-state index < -0.39 is 0 Å². The molecule has 6 rings (SSSR count). The second kappa shape index (κ2) is 7.98. The maximum absolute atomic E-state index is 12.9. The Morgan fingerprint density at radius 1 is 1.12 bits per heavy atom. The molecule has 0 radical (unpaired) electrons. The average Bonchev–Trinajstić information content (AvgIpc) is 3.66. The molecule has 0 bridgehead atoms. The van der Waals surface area contributed by atoms with Crippen LogP contribution >= 0.6 is 11.3 Å². The molecule has 10 nitrogen and oxygen atoms in total. The number of anilines is 2. The number of rotatable bonds is 5. The lowest BCUT2D eigenvalue weighted by Gasteiger charge is -2.00. The first-order valence-corrected chi connectivity index (χ1v) is 11.2. The molecule has 5 heterocycles. The summed E-state index contributed by atoms with van der Waals surface area (Å²) in [4.78, 5) is 18.0. The van der Waals surface area contributed by atoms with Gasteiger partial charge in [-0.15, -0.1) is 16.4 Å². The SMILES string of the molecule is Nc1c[n+](-c2ccccc2)[nH]c1NC(=O)c1cc(-c2cnn3cc(-c4cn[nH]c4)cnc23)cs1. The van der Waals surface area contributed by atoms with Crippen molar-refractivity contribution in [1.82, 2.24) is 29.9 Å². The molecular weight excluding hydrogens is 450 g/mol. The predicted molar refractivity (Wildman–Crippen MR) is 129 cm³/mol. The van der Waals surface area contributed by atoms with Gasteiger partial charge in [-0.1, -0.05) is 22.9 Å². The lowest BCUT2D eigenvalue weighted by atomic mass is 10.1. The molecule has 0 atom stereocenters. The highest BCUT2D eigenvalue weighted by Crippen LogP contribution is 2.30. The minimum Gasteiger partial charge on any atom is -0.391 e. The number of benzene rings is 1. The van der Waals surface area contributed by atoms with Crippen molar-refractivity contribution >= 4 is 34.4 Å². The van der Waals surface area contributed by atoms with Crippen molar-refractivity contribution < 1.29 is 9.48 Å². The summed E-state index contributed by atoms with van der Waals surface area (Å²) in [6.45, 7) is 0. The van der Waals surface area contributed by atoms with Crippen LogP contribution in [0.15, 0.2) is 79.0 Å². The van der Waals surface area contributed by atoms with E-state index in [1.807, 2.05) is 48.0 Å². The molecule has 0 aliphatic rings. The summed E-state index contributed by atoms with van der Waals surface area (Å²) in [5.41, 5.74) is 11.7. The van der Waals surface area contributed by atoms with Crippen molar-refractivity contribution in [2.24, 2.45) is 0 Å². The summed E-state index contributed by atoms with van der Waals surface area (Å²) in [6.07, 6.45) is 10.7. The standard InChI is InChI=1S/C23H17N9OS/c24-19-12-31(17-4-2-1-3-5-17)30-21(19)29-23(33)20-6-14(13-34-20)18-10-28-32-11-16(7-25-22(18)32)15-8-26-27-9-15/h1-13H,24H2,(H2,26,27,29,30,33)/p+1. The highest BCUT2D eigenvalue weighted by molar-refractivity contribution is 7.12. The molecule has 166 valence electrons. The first-order chi connectivity index (χ1) is 16.7. The first kappa shape index (κ1) is 19.9. The van der Waals surface area contributed by atoms with Crippen LogP contribution in [-0.4, -0.2) is 35.8 Å². The van der Waals surface area contributed by atoms with Crippen molar-refractivity contribution in [3.8, 4) is 27.9 Å². The monoisotopic (exact) mass is 468 g/mol. The molecule has 0 unspecified atom stereocenters. The number of fused-ring (bicyclic) bond motifs is 1. The van der Waals surface area contributed by atoms with Crippen molar-refractivity contribution in [3.63, 3.8) is 0 Å². The number of nitrogens with one attached hydrogen (secondary N) is 3. The Balaban J connectivity index is 1.24. The topological polar surface area (TPSA) is 134 Å². The number of hydrogen-bond acceptors (Lipinski definition) is 6. The van der Waals surface area contributed by atoms with E-state index in [1.54, 1.807) is 40.2 Å². The van der Waals surface area contributed by atoms with E-state index in [9.17, 15) is 4.79 Å². The normalized spacial score (nSPS) is 11.2. The van der Waals surface area contributed by atoms with Crippen molar-refractivity contribution in [2.45, 2.75) is 0 Å². The van der Waals surface area contributed by atoms with Gasteiger partial charge in [0.05, 0.1) is 17.3 Å². The van der Waals surface area contributed by atoms with Crippen LogP contribution in [0, 0.1) is 0 Å². The third-order valence-electron chi connectivity index (χ3n) is 5.38. The van der Waals surface area contributed by atoms with Crippen molar-refractivity contribution in [2.75, 3.05) is 11.1 Å². The molecule has 5 aromatic heterocycles. The summed E-state index contributed by atoms with van der Waals surface area (Å²) in [5, 5.41) is 19.1. The fourth-order valence-corrected chi connectivity index (χ4v) is 4.46. The maximum Gasteiger partial charge on any atom is 0.267 e. The van der Waals surface area contributed by atoms with Gasteiger partial charge < -0.3 is 11.1 Å². The van der Waals surface area contributed by atoms with Crippen LogP contribution in [-0.2, 0) is 0 Å². The number of nitrogen functional groups attached to an aromatic ring is 1. The van der Waals surface area contributed by atoms with Gasteiger partial charge in [0.25, 0.3) is 5.91 Å². The molecule has 0 saturated heterocycles. The highest BCUT2D eigenvalue weighted by Gasteiger charge is 2.19. The molecule has 0 aliphatic carbocycles. The van der Waals surface area contributed by atoms with E-state index in [-0.39, 0.29) is 5.91 Å². The molecule has 11 heteroatoms. The van der Waals surface area contributed by atoms with E-state index in [0.29, 0.717) is 22.0 Å². The Morgan fingerprint density at radius 2 is 2.00 bits per heavy atom. The summed E-state index contributed by atoms with van der Waals surface area (Å²) in [5.74, 6) is 0.185. The van der Waals surface area contributed by atoms with E-state index in [4.69, 9.17) is 5.73 Å². The number of nitrogens with two attached hydrogens (primary N) is 1. The largest absolute Gasteiger partial charge is 0.391 e. The molecule has 0 saturated carbocycles. The first-order valence-electron chi connectivity index (χ1n) is 10.3. The van der Waals surface area contributed by atoms with Crippen LogP contribution in [0.5, 0.6) is 0 Å². The molecule has 0 spiro atoms. The zero-order valence-corrected chi connectivity index (χ0v) is 18.5. The fourth-order valence-electron chi connectivity index (χ4n) is 3.66. The molecule has 34 heavy (non-hydrogen) atoms. The van der Waals surface area contributed by atoms with Crippen LogP contribution in [0.4, 0.5) is 11.5 Å². The maximum atomic E-state index is 12.9. The summed E-state index contributed by atoms with van der Waals surface area (Å²) in [7, 11) is 0. The van der Waals surface area contributed by atoms with E-state index >= 15 is 0 Å². The Labute approximate surface area is 196 Å². The van der Waals surface area contributed by atoms with Gasteiger partial charge in [0.1, 0.15) is 5.69 Å². The number of amides is 1. The van der Waals surface area contributed by atoms with Crippen LogP contribution in [0.25, 0.3) is 33.6 Å². The Hall–Kier alpha value is -4.77. The van der Waals surface area contributed by atoms with Gasteiger partial charge in [0, 0.05) is 47.4 Å². The number of aromatic nitrogens is 7. The van der Waals surface area contributed by atoms with Crippen LogP contribution in [0.2, 0.25) is 0 Å². The molecule has 0 aliphatic heterocycles. The minimum atomic E-state index is -0.253. The molecule has 1 aromatic carbocycles. The Morgan fingerprint density at radius 3 is 2.82 bits per heavy atom. The summed E-state index contributed by atoms with van der Waals surface area (Å²) in [6, 6.07) is 11.5. The molecular formula is C23H18N9OS+. The second-order valence-electron chi connectivity index (χ2n) is 7.59. The number of thiophene rings is 1. The molecule has 5 N–H and O–H groups in total. The fraction of sp³-hybridized carbons (Fsp3) is 0. The van der Waals surface area contributed by atoms with Crippen LogP contribution < -0.4 is 15.7 Å². The van der Waals surface area contributed by atoms with Crippen molar-refractivity contribution in [1.29, 1.82) is 0 Å². The van der Waals surface area contributed by atoms with Gasteiger partial charge in [-0.3, -0.25) is 9.89 Å². The number of nitrogens with zero attached hydrogens (tertiary/aromatic N) is 5. The number of H-pyrrole nitrogens is 2. The van der Waals surface area contributed by atoms with E-state index in [2.05, 4.69) is 30.7 Å². The van der Waals surface area contributed by atoms with Gasteiger partial charge in [0.15, 0.2) is 11.5 Å². The van der Waals surface area contributed by atoms with Crippen molar-refractivity contribution in [3.05, 3.63) is 83.8 Å². The third kappa shape index (κ3) is 3.49. The number of carbonyl (C=O) groups excluding carboxylic acids is 1. The number of para-hydroxylation sites is 1. The minimum absolute atomic E-state index is 0.253. The lowest BCUT2D eigenvalue weighted by Crippen LogP contribution is -2.31. The zero-order chi connectivity index (χ0) is 23.1. The number of hydrogen-bond donors (Lipinski definition) is 4. The van der Waals surface area contributed by atoms with Crippen LogP contribution in [0.1, 0.15) is 9.67 Å². The third-order valence-corrected chi connectivity index (χ3v) is 6.31. The molecule has 0 fully saturated rings. The zero-order valence-electron chi connectivity index (χ0n) is 17.6. The Bertz CT molecular complexity index is 1610. The number of carbonyl (C=O) groups is 1. The number of aromatic amines is 2. The summed E-state index contributed by atoms with van der Waals surface area (Å²) >= 11 is 1.34. The Kier molecular flexibility index (Phi) is 4.66. The van der Waals surface area contributed by atoms with Gasteiger partial charge in [0.2, 0.25) is 11.9 Å². The molecule has 6 aromatic rings. The predicted octanol–water partition coefficient (Wildman–Crippen LogP) is 3.29. The van der Waals surface area contributed by atoms with Gasteiger partial charge in [-0.25, -0.2) is 9.50 Å². The van der Waals surface area contributed by atoms with E-state index in [0.717, 1.165) is 27.9 Å². The van der Waals surface area contributed by atoms with Gasteiger partial charge >= 0.3 is 0 Å². The van der Waals surface area contributed by atoms with Gasteiger partial charge in [-0.2, -0.15) is 10.2 Å². The second-order valence-corrected chi connectivity index (χ2v) is 8.50. The van der Waals surface area contributed by atoms with E-state index in [1.165, 1.54) is 11.3 Å². The van der Waals surface area contributed by atoms with Gasteiger partial charge in [-0.05, 0) is 17.0 Å².